The molecule has 4 aromatic rings. The molecule has 4 aromatic carbocycles. The molecule has 0 aliphatic carbocycles. The molecule has 0 saturated carbocycles. The van der Waals surface area contributed by atoms with Crippen LogP contribution in [0.3, 0.4) is 0 Å². The van der Waals surface area contributed by atoms with E-state index in [0.29, 0.717) is 0 Å². The van der Waals surface area contributed by atoms with E-state index in [0.717, 1.165) is 28.8 Å². The van der Waals surface area contributed by atoms with Gasteiger partial charge in [0.2, 0.25) is 0 Å². The molecule has 0 unspecified atom stereocenters. The first-order valence-corrected chi connectivity index (χ1v) is 15.4. The summed E-state index contributed by atoms with van der Waals surface area (Å²) in [4.78, 5) is 0. The second-order valence-electron chi connectivity index (χ2n) is 6.52. The minimum Gasteiger partial charge on any atom is -0.333 e. The van der Waals surface area contributed by atoms with Gasteiger partial charge in [-0.2, -0.15) is 97.1 Å². The van der Waals surface area contributed by atoms with Gasteiger partial charge in [-0.1, -0.05) is 82.6 Å². The molecule has 2 radical (unpaired) electrons. The van der Waals surface area contributed by atoms with E-state index < -0.39 is 0 Å². The fraction of sp³-hybridized carbons (Fsp3) is 0.385. The largest absolute Gasteiger partial charge is 0.333 e. The second kappa shape index (κ2) is 56.8. The molecule has 238 valence electrons. The normalized spacial score (nSPS) is 7.21. The van der Waals surface area contributed by atoms with Gasteiger partial charge in [-0.05, 0) is 20.6 Å². The number of hydrogen-bond acceptors (Lipinski definition) is 2. The van der Waals surface area contributed by atoms with Crippen LogP contribution in [0.5, 0.6) is 0 Å². The minimum absolute atomic E-state index is 0. The Bertz CT molecular complexity index is 737. The summed E-state index contributed by atoms with van der Waals surface area (Å²) in [5, 5.41) is 2.93. The molecule has 0 fully saturated rings. The topological polar surface area (TPSA) is 38.0 Å². The standard InChI is InChI=1S/2C12H8.C3H9N.C3H8.4C2H6.CH5N.2Y/c2*1-3-7-11(8-4-1)12-9-5-2-6-10-12;1-3-4-2;1-3-2;5*1-2;;/h2*1-7,9H;4H,3H2,1-2H3;3H2,1-2H3;4*1-2H3;2H2,1H3;;/q2*-2;;;;;;;;;. The van der Waals surface area contributed by atoms with Gasteiger partial charge in [0.1, 0.15) is 0 Å². The summed E-state index contributed by atoms with van der Waals surface area (Å²) in [5.74, 6) is 0. The van der Waals surface area contributed by atoms with Crippen LogP contribution in [0.25, 0.3) is 22.3 Å². The van der Waals surface area contributed by atoms with Crippen molar-refractivity contribution in [3.8, 4) is 22.3 Å². The van der Waals surface area contributed by atoms with E-state index >= 15 is 0 Å². The number of hydrogen-bond donors (Lipinski definition) is 2. The van der Waals surface area contributed by atoms with E-state index in [1.54, 1.807) is 0 Å². The van der Waals surface area contributed by atoms with Crippen LogP contribution >= 0.6 is 0 Å². The van der Waals surface area contributed by atoms with E-state index in [2.05, 4.69) is 56.1 Å². The third-order valence-corrected chi connectivity index (χ3v) is 3.77. The van der Waals surface area contributed by atoms with Crippen LogP contribution in [0.2, 0.25) is 0 Å². The first-order chi connectivity index (χ1) is 20.3. The molecule has 0 amide bonds. The van der Waals surface area contributed by atoms with Gasteiger partial charge in [-0.15, -0.1) is 24.3 Å². The van der Waals surface area contributed by atoms with Crippen LogP contribution in [-0.4, -0.2) is 20.6 Å². The Morgan fingerprint density at radius 3 is 0.721 bits per heavy atom. The summed E-state index contributed by atoms with van der Waals surface area (Å²) in [6.45, 7) is 23.4. The second-order valence-corrected chi connectivity index (χ2v) is 6.52. The quantitative estimate of drug-likeness (QED) is 0.206. The van der Waals surface area contributed by atoms with Gasteiger partial charge in [-0.25, -0.2) is 22.3 Å². The van der Waals surface area contributed by atoms with Crippen molar-refractivity contribution in [2.24, 2.45) is 5.73 Å². The van der Waals surface area contributed by atoms with Gasteiger partial charge in [0.25, 0.3) is 0 Å². The van der Waals surface area contributed by atoms with Crippen LogP contribution < -0.4 is 11.1 Å². The van der Waals surface area contributed by atoms with Crippen molar-refractivity contribution in [3.05, 3.63) is 121 Å². The Kier molecular flexibility index (Phi) is 76.1. The average Bonchev–Trinajstić information content (AvgIpc) is 3.11. The molecule has 0 heterocycles. The zero-order valence-corrected chi connectivity index (χ0v) is 35.6. The Balaban J connectivity index is -0.0000000783. The molecule has 43 heavy (non-hydrogen) atoms. The molecule has 0 aromatic heterocycles. The molecule has 0 aliphatic heterocycles. The van der Waals surface area contributed by atoms with Gasteiger partial charge < -0.3 is 11.1 Å². The first-order valence-electron chi connectivity index (χ1n) is 15.4. The molecule has 0 bridgehead atoms. The summed E-state index contributed by atoms with van der Waals surface area (Å²) >= 11 is 0. The smallest absolute Gasteiger partial charge is 0 e. The van der Waals surface area contributed by atoms with Crippen LogP contribution in [-0.2, 0) is 65.4 Å². The Labute approximate surface area is 320 Å². The van der Waals surface area contributed by atoms with Crippen LogP contribution in [0.15, 0.2) is 97.1 Å². The van der Waals surface area contributed by atoms with Gasteiger partial charge in [0, 0.05) is 65.4 Å². The Morgan fingerprint density at radius 1 is 0.465 bits per heavy atom. The molecule has 0 spiro atoms. The molecule has 4 heteroatoms. The maximum absolute atomic E-state index is 4.50. The van der Waals surface area contributed by atoms with Crippen molar-refractivity contribution in [3.63, 3.8) is 0 Å². The molecule has 2 nitrogen and oxygen atoms in total. The van der Waals surface area contributed by atoms with Gasteiger partial charge in [0.05, 0.1) is 0 Å². The SMILES string of the molecule is CC.CC.CC.CC.CCC.CCNC.CN.[Y].[Y].[c-]1ccccc1-c1[c-]cccc1.[c-]1ccccc1-c1[c-]cccc1. The Morgan fingerprint density at radius 2 is 0.628 bits per heavy atom. The molecular weight excluding hydrogens is 674 g/mol. The molecule has 3 N–H and O–H groups in total. The first kappa shape index (κ1) is 57.6. The number of nitrogens with one attached hydrogen (secondary N) is 1. The van der Waals surface area contributed by atoms with E-state index in [-0.39, 0.29) is 65.4 Å². The zero-order valence-electron chi connectivity index (χ0n) is 29.9. The van der Waals surface area contributed by atoms with Crippen molar-refractivity contribution in [2.75, 3.05) is 20.6 Å². The van der Waals surface area contributed by atoms with Gasteiger partial charge in [-0.3, -0.25) is 0 Å². The summed E-state index contributed by atoms with van der Waals surface area (Å²) in [6.07, 6.45) is 1.25. The van der Waals surface area contributed by atoms with Gasteiger partial charge >= 0.3 is 0 Å². The van der Waals surface area contributed by atoms with E-state index in [4.69, 9.17) is 0 Å². The third kappa shape index (κ3) is 39.0. The predicted octanol–water partition coefficient (Wildman–Crippen LogP) is 11.2. The third-order valence-electron chi connectivity index (χ3n) is 3.77. The summed E-state index contributed by atoms with van der Waals surface area (Å²) in [7, 11) is 3.43. The maximum atomic E-state index is 4.50. The van der Waals surface area contributed by atoms with Crippen molar-refractivity contribution in [2.45, 2.75) is 82.6 Å². The van der Waals surface area contributed by atoms with Crippen LogP contribution in [0.4, 0.5) is 0 Å². The van der Waals surface area contributed by atoms with Crippen LogP contribution in [0, 0.1) is 24.3 Å². The molecule has 4 rings (SSSR count). The van der Waals surface area contributed by atoms with Crippen LogP contribution in [0.1, 0.15) is 82.6 Å². The van der Waals surface area contributed by atoms with E-state index in [1.165, 1.54) is 13.5 Å². The van der Waals surface area contributed by atoms with Crippen molar-refractivity contribution < 1.29 is 65.4 Å². The summed E-state index contributed by atoms with van der Waals surface area (Å²) < 4.78 is 0. The van der Waals surface area contributed by atoms with E-state index in [9.17, 15) is 0 Å². The van der Waals surface area contributed by atoms with Gasteiger partial charge in [0.15, 0.2) is 0 Å². The average molecular weight is 737 g/mol. The summed E-state index contributed by atoms with van der Waals surface area (Å²) in [5.41, 5.74) is 8.88. The number of nitrogens with two attached hydrogens (primary N) is 1. The maximum Gasteiger partial charge on any atom is 0 e. The number of rotatable bonds is 3. The zero-order chi connectivity index (χ0) is 32.6. The minimum atomic E-state index is 0. The number of benzene rings is 4. The van der Waals surface area contributed by atoms with Crippen molar-refractivity contribution in [1.82, 2.24) is 5.32 Å². The summed E-state index contributed by atoms with van der Waals surface area (Å²) in [6, 6.07) is 44.3. The fourth-order valence-corrected chi connectivity index (χ4v) is 2.24. The molecular formula is C39H62N2Y2-4. The predicted molar refractivity (Wildman–Crippen MR) is 190 cm³/mol. The fourth-order valence-electron chi connectivity index (χ4n) is 2.24. The molecule has 0 atom stereocenters. The molecule has 0 saturated heterocycles. The van der Waals surface area contributed by atoms with Crippen molar-refractivity contribution in [1.29, 1.82) is 0 Å². The molecule has 0 aliphatic rings. The monoisotopic (exact) mass is 736 g/mol. The van der Waals surface area contributed by atoms with Crippen molar-refractivity contribution >= 4 is 0 Å². The Hall–Kier alpha value is -0.992. The van der Waals surface area contributed by atoms with E-state index in [1.807, 2.05) is 159 Å².